The number of Topliss-reactive ketones (excluding diaryl/α,β-unsaturated/α-hetero) is 1. The first-order chi connectivity index (χ1) is 9.65. The number of aryl methyl sites for hydroxylation is 2. The van der Waals surface area contributed by atoms with E-state index in [9.17, 15) is 4.79 Å². The summed E-state index contributed by atoms with van der Waals surface area (Å²) in [4.78, 5) is 26.5. The Morgan fingerprint density at radius 2 is 2.00 bits per heavy atom. The van der Waals surface area contributed by atoms with Gasteiger partial charge in [-0.05, 0) is 26.0 Å². The molecular formula is C15H13N3OS. The van der Waals surface area contributed by atoms with Crippen LogP contribution < -0.4 is 0 Å². The van der Waals surface area contributed by atoms with Crippen molar-refractivity contribution in [1.82, 2.24) is 15.0 Å². The predicted octanol–water partition coefficient (Wildman–Crippen LogP) is 3.13. The molecule has 0 saturated carbocycles. The summed E-state index contributed by atoms with van der Waals surface area (Å²) in [5.74, 6) is 0.0323. The topological polar surface area (TPSA) is 55.7 Å². The molecule has 0 aliphatic heterocycles. The second-order valence-electron chi connectivity index (χ2n) is 4.58. The molecule has 3 rings (SSSR count). The Bertz CT molecular complexity index is 770. The molecule has 0 bridgehead atoms. The summed E-state index contributed by atoms with van der Waals surface area (Å²) in [6, 6.07) is 5.49. The minimum absolute atomic E-state index is 0.0323. The van der Waals surface area contributed by atoms with Gasteiger partial charge in [-0.3, -0.25) is 14.8 Å². The Morgan fingerprint density at radius 1 is 1.20 bits per heavy atom. The number of rotatable bonds is 3. The molecule has 3 aromatic rings. The van der Waals surface area contributed by atoms with E-state index in [0.717, 1.165) is 21.1 Å². The van der Waals surface area contributed by atoms with Crippen LogP contribution in [0.4, 0.5) is 0 Å². The molecule has 0 saturated heterocycles. The highest BCUT2D eigenvalue weighted by molar-refractivity contribution is 7.11. The van der Waals surface area contributed by atoms with Gasteiger partial charge < -0.3 is 0 Å². The van der Waals surface area contributed by atoms with E-state index in [1.165, 1.54) is 0 Å². The van der Waals surface area contributed by atoms with E-state index < -0.39 is 0 Å². The Kier molecular flexibility index (Phi) is 3.28. The average Bonchev–Trinajstić information content (AvgIpc) is 2.76. The third-order valence-corrected chi connectivity index (χ3v) is 4.26. The highest BCUT2D eigenvalue weighted by Crippen LogP contribution is 2.20. The van der Waals surface area contributed by atoms with Gasteiger partial charge in [0.25, 0.3) is 0 Å². The molecule has 2 aromatic heterocycles. The summed E-state index contributed by atoms with van der Waals surface area (Å²) in [6.45, 7) is 3.98. The molecule has 0 atom stereocenters. The molecule has 0 N–H and O–H groups in total. The maximum absolute atomic E-state index is 12.4. The summed E-state index contributed by atoms with van der Waals surface area (Å²) < 4.78 is 0. The molecule has 0 aliphatic rings. The van der Waals surface area contributed by atoms with Crippen molar-refractivity contribution < 1.29 is 4.79 Å². The zero-order valence-electron chi connectivity index (χ0n) is 11.3. The van der Waals surface area contributed by atoms with Gasteiger partial charge in [0.2, 0.25) is 0 Å². The fraction of sp³-hybridized carbons (Fsp3) is 0.200. The number of fused-ring (bicyclic) bond motifs is 1. The minimum Gasteiger partial charge on any atom is -0.294 e. The van der Waals surface area contributed by atoms with Crippen molar-refractivity contribution in [3.8, 4) is 0 Å². The Balaban J connectivity index is 1.96. The summed E-state index contributed by atoms with van der Waals surface area (Å²) >= 11 is 1.57. The molecule has 0 fully saturated rings. The predicted molar refractivity (Wildman–Crippen MR) is 79.2 cm³/mol. The van der Waals surface area contributed by atoms with E-state index in [-0.39, 0.29) is 5.78 Å². The number of carbonyl (C=O) groups excluding carboxylic acids is 1. The lowest BCUT2D eigenvalue weighted by Crippen LogP contribution is -2.05. The van der Waals surface area contributed by atoms with Crippen molar-refractivity contribution in [2.45, 2.75) is 20.3 Å². The second kappa shape index (κ2) is 5.09. The van der Waals surface area contributed by atoms with Gasteiger partial charge in [-0.1, -0.05) is 6.07 Å². The van der Waals surface area contributed by atoms with E-state index >= 15 is 0 Å². The van der Waals surface area contributed by atoms with Crippen molar-refractivity contribution in [1.29, 1.82) is 0 Å². The molecule has 2 heterocycles. The monoisotopic (exact) mass is 283 g/mol. The van der Waals surface area contributed by atoms with E-state index in [2.05, 4.69) is 15.0 Å². The molecule has 0 amide bonds. The van der Waals surface area contributed by atoms with Gasteiger partial charge in [-0.15, -0.1) is 11.3 Å². The van der Waals surface area contributed by atoms with E-state index in [1.54, 1.807) is 29.8 Å². The number of para-hydroxylation sites is 1. The zero-order valence-corrected chi connectivity index (χ0v) is 12.1. The molecule has 0 unspecified atom stereocenters. The van der Waals surface area contributed by atoms with Crippen molar-refractivity contribution in [3.05, 3.63) is 51.7 Å². The van der Waals surface area contributed by atoms with E-state index in [0.29, 0.717) is 17.5 Å². The number of nitrogens with zero attached hydrogens (tertiary/aromatic N) is 3. The van der Waals surface area contributed by atoms with Crippen LogP contribution in [0.5, 0.6) is 0 Å². The van der Waals surface area contributed by atoms with Crippen LogP contribution in [0, 0.1) is 13.8 Å². The van der Waals surface area contributed by atoms with Gasteiger partial charge in [-0.25, -0.2) is 4.98 Å². The number of hydrogen-bond donors (Lipinski definition) is 0. The van der Waals surface area contributed by atoms with Gasteiger partial charge >= 0.3 is 0 Å². The molecule has 0 radical (unpaired) electrons. The first-order valence-electron chi connectivity index (χ1n) is 6.31. The quantitative estimate of drug-likeness (QED) is 0.693. The van der Waals surface area contributed by atoms with Crippen LogP contribution in [0.15, 0.2) is 30.6 Å². The summed E-state index contributed by atoms with van der Waals surface area (Å²) in [5, 5.41) is 0.853. The second-order valence-corrected chi connectivity index (χ2v) is 5.87. The van der Waals surface area contributed by atoms with Gasteiger partial charge in [0.15, 0.2) is 5.78 Å². The van der Waals surface area contributed by atoms with E-state index in [1.807, 2.05) is 26.0 Å². The smallest absolute Gasteiger partial charge is 0.171 e. The Labute approximate surface area is 120 Å². The fourth-order valence-electron chi connectivity index (χ4n) is 2.07. The van der Waals surface area contributed by atoms with Crippen LogP contribution in [0.25, 0.3) is 11.0 Å². The highest BCUT2D eigenvalue weighted by atomic mass is 32.1. The summed E-state index contributed by atoms with van der Waals surface area (Å²) in [7, 11) is 0. The molecule has 4 nitrogen and oxygen atoms in total. The fourth-order valence-corrected chi connectivity index (χ4v) is 3.00. The van der Waals surface area contributed by atoms with Crippen LogP contribution in [-0.2, 0) is 6.42 Å². The third kappa shape index (κ3) is 2.32. The van der Waals surface area contributed by atoms with E-state index in [4.69, 9.17) is 0 Å². The van der Waals surface area contributed by atoms with Crippen molar-refractivity contribution >= 4 is 28.2 Å². The lowest BCUT2D eigenvalue weighted by molar-refractivity contribution is 0.0994. The van der Waals surface area contributed by atoms with Gasteiger partial charge in [-0.2, -0.15) is 0 Å². The zero-order chi connectivity index (χ0) is 14.1. The summed E-state index contributed by atoms with van der Waals surface area (Å²) in [5.41, 5.74) is 3.01. The minimum atomic E-state index is 0.0323. The number of aromatic nitrogens is 3. The number of hydrogen-bond acceptors (Lipinski definition) is 5. The van der Waals surface area contributed by atoms with Gasteiger partial charge in [0, 0.05) is 22.8 Å². The first kappa shape index (κ1) is 12.9. The highest BCUT2D eigenvalue weighted by Gasteiger charge is 2.14. The lowest BCUT2D eigenvalue weighted by Gasteiger charge is -2.02. The van der Waals surface area contributed by atoms with Gasteiger partial charge in [0.05, 0.1) is 23.1 Å². The largest absolute Gasteiger partial charge is 0.294 e. The third-order valence-electron chi connectivity index (χ3n) is 3.18. The SMILES string of the molecule is Cc1nc(CC(=O)c2cccc3nccnc23)sc1C. The maximum atomic E-state index is 12.4. The normalized spacial score (nSPS) is 10.9. The molecule has 20 heavy (non-hydrogen) atoms. The maximum Gasteiger partial charge on any atom is 0.171 e. The van der Waals surface area contributed by atoms with Gasteiger partial charge in [0.1, 0.15) is 5.01 Å². The molecule has 0 spiro atoms. The first-order valence-corrected chi connectivity index (χ1v) is 7.12. The van der Waals surface area contributed by atoms with Crippen molar-refractivity contribution in [2.75, 3.05) is 0 Å². The number of carbonyl (C=O) groups is 1. The van der Waals surface area contributed by atoms with Crippen molar-refractivity contribution in [2.24, 2.45) is 0 Å². The van der Waals surface area contributed by atoms with Crippen LogP contribution in [0.1, 0.15) is 25.9 Å². The molecule has 5 heteroatoms. The number of benzene rings is 1. The molecule has 1 aromatic carbocycles. The standard InChI is InChI=1S/C15H13N3OS/c1-9-10(2)20-14(18-9)8-13(19)11-4-3-5-12-15(11)17-7-6-16-12/h3-7H,8H2,1-2H3. The van der Waals surface area contributed by atoms with Crippen LogP contribution >= 0.6 is 11.3 Å². The number of ketones is 1. The summed E-state index contributed by atoms with van der Waals surface area (Å²) in [6.07, 6.45) is 3.55. The molecule has 0 aliphatic carbocycles. The Hall–Kier alpha value is -2.14. The lowest BCUT2D eigenvalue weighted by atomic mass is 10.1. The van der Waals surface area contributed by atoms with Crippen LogP contribution in [0.2, 0.25) is 0 Å². The average molecular weight is 283 g/mol. The molecular weight excluding hydrogens is 270 g/mol. The van der Waals surface area contributed by atoms with Crippen LogP contribution in [0.3, 0.4) is 0 Å². The molecule has 100 valence electrons. The van der Waals surface area contributed by atoms with Crippen LogP contribution in [-0.4, -0.2) is 20.7 Å². The van der Waals surface area contributed by atoms with Crippen molar-refractivity contribution in [3.63, 3.8) is 0 Å². The number of thiazole rings is 1. The Morgan fingerprint density at radius 3 is 2.75 bits per heavy atom.